The van der Waals surface area contributed by atoms with Crippen LogP contribution in [0.25, 0.3) is 0 Å². The molecule has 0 bridgehead atoms. The molecule has 1 saturated heterocycles. The summed E-state index contributed by atoms with van der Waals surface area (Å²) in [6.45, 7) is 5.86. The van der Waals surface area contributed by atoms with Gasteiger partial charge in [0.2, 0.25) is 5.79 Å². The number of nitrogens with one attached hydrogen (secondary N) is 3. The Morgan fingerprint density at radius 2 is 2.04 bits per heavy atom. The molecule has 0 saturated carbocycles. The lowest BCUT2D eigenvalue weighted by atomic mass is 10.0. The molecular formula is C18H25F3N6. The van der Waals surface area contributed by atoms with E-state index in [0.29, 0.717) is 5.82 Å². The Bertz CT molecular complexity index is 697. The van der Waals surface area contributed by atoms with E-state index in [9.17, 15) is 13.2 Å². The summed E-state index contributed by atoms with van der Waals surface area (Å²) < 4.78 is 38.9. The summed E-state index contributed by atoms with van der Waals surface area (Å²) in [7, 11) is 0. The van der Waals surface area contributed by atoms with Crippen molar-refractivity contribution >= 4 is 6.21 Å². The smallest absolute Gasteiger partial charge is 0.372 e. The van der Waals surface area contributed by atoms with Crippen molar-refractivity contribution in [3.8, 4) is 0 Å². The van der Waals surface area contributed by atoms with Crippen LogP contribution >= 0.6 is 0 Å². The van der Waals surface area contributed by atoms with Crippen molar-refractivity contribution in [2.24, 2.45) is 10.7 Å². The van der Waals surface area contributed by atoms with E-state index in [1.807, 2.05) is 0 Å². The molecule has 5 N–H and O–H groups in total. The normalized spacial score (nSPS) is 23.6. The molecule has 0 aromatic heterocycles. The highest BCUT2D eigenvalue weighted by molar-refractivity contribution is 5.73. The third kappa shape index (κ3) is 5.21. The number of hydrogen-bond donors (Lipinski definition) is 4. The molecule has 3 rings (SSSR count). The second kappa shape index (κ2) is 8.28. The maximum atomic E-state index is 13.0. The molecule has 1 fully saturated rings. The van der Waals surface area contributed by atoms with Gasteiger partial charge in [-0.05, 0) is 31.2 Å². The topological polar surface area (TPSA) is 77.7 Å². The Balaban J connectivity index is 1.55. The average molecular weight is 382 g/mol. The molecule has 9 heteroatoms. The van der Waals surface area contributed by atoms with Gasteiger partial charge in [-0.25, -0.2) is 4.99 Å². The molecular weight excluding hydrogens is 357 g/mol. The summed E-state index contributed by atoms with van der Waals surface area (Å²) in [5.41, 5.74) is 5.74. The van der Waals surface area contributed by atoms with Crippen LogP contribution in [0.5, 0.6) is 0 Å². The van der Waals surface area contributed by atoms with Crippen molar-refractivity contribution < 1.29 is 13.2 Å². The number of benzene rings is 1. The number of halogens is 3. The van der Waals surface area contributed by atoms with Crippen LogP contribution < -0.4 is 21.7 Å². The van der Waals surface area contributed by atoms with Crippen LogP contribution in [0.2, 0.25) is 0 Å². The number of hydrogen-bond acceptors (Lipinski definition) is 6. The summed E-state index contributed by atoms with van der Waals surface area (Å²) in [6, 6.07) is 4.91. The van der Waals surface area contributed by atoms with Crippen molar-refractivity contribution in [1.29, 1.82) is 0 Å². The van der Waals surface area contributed by atoms with Gasteiger partial charge in [-0.2, -0.15) is 13.2 Å². The van der Waals surface area contributed by atoms with Crippen molar-refractivity contribution in [1.82, 2.24) is 20.9 Å². The second-order valence-electron chi connectivity index (χ2n) is 6.70. The van der Waals surface area contributed by atoms with Crippen LogP contribution in [0.4, 0.5) is 13.2 Å². The third-order valence-corrected chi connectivity index (χ3v) is 4.65. The molecule has 148 valence electrons. The van der Waals surface area contributed by atoms with Gasteiger partial charge in [-0.3, -0.25) is 5.73 Å². The van der Waals surface area contributed by atoms with E-state index in [2.05, 4.69) is 25.8 Å². The van der Waals surface area contributed by atoms with E-state index in [-0.39, 0.29) is 5.56 Å². The lowest BCUT2D eigenvalue weighted by molar-refractivity contribution is -0.137. The first-order valence-electron chi connectivity index (χ1n) is 9.04. The number of aliphatic imine (C=N–C) groups is 1. The summed E-state index contributed by atoms with van der Waals surface area (Å²) in [5, 5.41) is 9.57. The van der Waals surface area contributed by atoms with Gasteiger partial charge in [-0.15, -0.1) is 0 Å². The first-order valence-corrected chi connectivity index (χ1v) is 9.04. The molecule has 1 atom stereocenters. The molecule has 2 heterocycles. The highest BCUT2D eigenvalue weighted by atomic mass is 19.4. The van der Waals surface area contributed by atoms with Crippen LogP contribution in [-0.4, -0.2) is 50.4 Å². The fraction of sp³-hybridized carbons (Fsp3) is 0.500. The van der Waals surface area contributed by atoms with Crippen LogP contribution in [0.3, 0.4) is 0 Å². The van der Waals surface area contributed by atoms with Crippen LogP contribution in [0.15, 0.2) is 41.2 Å². The minimum absolute atomic E-state index is 0.252. The van der Waals surface area contributed by atoms with Crippen molar-refractivity contribution in [2.75, 3.05) is 39.3 Å². The minimum atomic E-state index is -4.42. The van der Waals surface area contributed by atoms with Crippen molar-refractivity contribution in [3.63, 3.8) is 0 Å². The molecule has 0 radical (unpaired) electrons. The molecule has 1 unspecified atom stereocenters. The number of rotatable bonds is 6. The van der Waals surface area contributed by atoms with Crippen molar-refractivity contribution in [3.05, 3.63) is 47.3 Å². The Kier molecular flexibility index (Phi) is 6.03. The Morgan fingerprint density at radius 1 is 1.26 bits per heavy atom. The van der Waals surface area contributed by atoms with E-state index >= 15 is 0 Å². The molecule has 2 aliphatic heterocycles. The van der Waals surface area contributed by atoms with Gasteiger partial charge in [0.1, 0.15) is 5.82 Å². The highest BCUT2D eigenvalue weighted by Gasteiger charge is 2.34. The van der Waals surface area contributed by atoms with Crippen LogP contribution in [-0.2, 0) is 12.0 Å². The molecule has 6 nitrogen and oxygen atoms in total. The van der Waals surface area contributed by atoms with E-state index < -0.39 is 17.5 Å². The summed E-state index contributed by atoms with van der Waals surface area (Å²) in [5.74, 6) is -0.790. The predicted octanol–water partition coefficient (Wildman–Crippen LogP) is 1.17. The van der Waals surface area contributed by atoms with E-state index in [4.69, 9.17) is 5.73 Å². The van der Waals surface area contributed by atoms with E-state index in [1.54, 1.807) is 6.08 Å². The van der Waals surface area contributed by atoms with Gasteiger partial charge >= 0.3 is 6.18 Å². The van der Waals surface area contributed by atoms with Gasteiger partial charge < -0.3 is 20.9 Å². The number of nitrogens with two attached hydrogens (primary N) is 1. The average Bonchev–Trinajstić information content (AvgIpc) is 2.66. The van der Waals surface area contributed by atoms with Gasteiger partial charge in [0.15, 0.2) is 0 Å². The monoisotopic (exact) mass is 382 g/mol. The van der Waals surface area contributed by atoms with Crippen LogP contribution in [0, 0.1) is 0 Å². The lowest BCUT2D eigenvalue weighted by Gasteiger charge is -2.32. The first-order chi connectivity index (χ1) is 12.9. The zero-order valence-electron chi connectivity index (χ0n) is 15.0. The SMILES string of the molecule is NC1(c2cccc(C(F)(F)F)c2)N=CC=C(NCCCN2CCNCC2)N1. The van der Waals surface area contributed by atoms with Crippen molar-refractivity contribution in [2.45, 2.75) is 18.4 Å². The van der Waals surface area contributed by atoms with Gasteiger partial charge in [-0.1, -0.05) is 12.1 Å². The largest absolute Gasteiger partial charge is 0.416 e. The van der Waals surface area contributed by atoms with Gasteiger partial charge in [0.25, 0.3) is 0 Å². The highest BCUT2D eigenvalue weighted by Crippen LogP contribution is 2.31. The molecule has 0 spiro atoms. The van der Waals surface area contributed by atoms with E-state index in [1.165, 1.54) is 18.3 Å². The predicted molar refractivity (Wildman–Crippen MR) is 98.9 cm³/mol. The summed E-state index contributed by atoms with van der Waals surface area (Å²) >= 11 is 0. The Labute approximate surface area is 156 Å². The van der Waals surface area contributed by atoms with Crippen LogP contribution in [0.1, 0.15) is 17.5 Å². The quantitative estimate of drug-likeness (QED) is 0.556. The summed E-state index contributed by atoms with van der Waals surface area (Å²) in [6.07, 6.45) is -0.234. The third-order valence-electron chi connectivity index (χ3n) is 4.65. The number of piperazine rings is 1. The number of alkyl halides is 3. The zero-order chi connectivity index (χ0) is 19.3. The molecule has 0 aliphatic carbocycles. The standard InChI is InChI=1S/C18H25F3N6/c19-17(20,21)14-3-1-4-15(13-14)18(22)25-7-5-16(26-18)24-6-2-10-27-11-8-23-9-12-27/h1,3-5,7,13,23-24,26H,2,6,8-12,22H2. The fourth-order valence-electron chi connectivity index (χ4n) is 3.15. The first kappa shape index (κ1) is 19.7. The maximum absolute atomic E-state index is 13.0. The minimum Gasteiger partial charge on any atom is -0.372 e. The Morgan fingerprint density at radius 3 is 2.78 bits per heavy atom. The van der Waals surface area contributed by atoms with E-state index in [0.717, 1.165) is 57.8 Å². The molecule has 1 aromatic rings. The lowest BCUT2D eigenvalue weighted by Crippen LogP contribution is -2.52. The van der Waals surface area contributed by atoms with Gasteiger partial charge in [0.05, 0.1) is 5.56 Å². The Hall–Kier alpha value is -2.10. The number of allylic oxidation sites excluding steroid dienone is 1. The molecule has 1 aromatic carbocycles. The zero-order valence-corrected chi connectivity index (χ0v) is 15.0. The van der Waals surface area contributed by atoms with Gasteiger partial charge in [0, 0.05) is 44.5 Å². The number of nitrogens with zero attached hydrogens (tertiary/aromatic N) is 2. The maximum Gasteiger partial charge on any atom is 0.416 e. The molecule has 0 amide bonds. The summed E-state index contributed by atoms with van der Waals surface area (Å²) in [4.78, 5) is 6.55. The fourth-order valence-corrected chi connectivity index (χ4v) is 3.15. The molecule has 27 heavy (non-hydrogen) atoms. The molecule has 2 aliphatic rings. The second-order valence-corrected chi connectivity index (χ2v) is 6.70.